The second-order valence-electron chi connectivity index (χ2n) is 1.58. The molecule has 0 bridgehead atoms. The average Bonchev–Trinajstić information content (AvgIpc) is 1.63. The van der Waals surface area contributed by atoms with Crippen molar-refractivity contribution in [2.45, 2.75) is 0 Å². The molecule has 0 aromatic rings. The SMILES string of the molecule is CN/N=C(/N)SN(C)C. The van der Waals surface area contributed by atoms with E-state index in [0.29, 0.717) is 5.17 Å². The molecule has 0 radical (unpaired) electrons. The van der Waals surface area contributed by atoms with E-state index in [1.54, 1.807) is 7.05 Å². The Kier molecular flexibility index (Phi) is 4.25. The molecular weight excluding hydrogens is 136 g/mol. The van der Waals surface area contributed by atoms with Crippen LogP contribution in [0.25, 0.3) is 0 Å². The summed E-state index contributed by atoms with van der Waals surface area (Å²) in [6.07, 6.45) is 0. The van der Waals surface area contributed by atoms with Crippen molar-refractivity contribution in [2.24, 2.45) is 10.8 Å². The van der Waals surface area contributed by atoms with Gasteiger partial charge in [0.15, 0.2) is 5.17 Å². The Morgan fingerprint density at radius 2 is 2.22 bits per heavy atom. The minimum absolute atomic E-state index is 0.516. The van der Waals surface area contributed by atoms with E-state index in [9.17, 15) is 0 Å². The van der Waals surface area contributed by atoms with E-state index in [1.807, 2.05) is 18.4 Å². The first-order chi connectivity index (χ1) is 4.16. The van der Waals surface area contributed by atoms with Crippen LogP contribution in [0.4, 0.5) is 0 Å². The number of hydrazone groups is 1. The Hall–Kier alpha value is -0.420. The Labute approximate surface area is 59.6 Å². The van der Waals surface area contributed by atoms with Crippen LogP contribution in [-0.2, 0) is 0 Å². The van der Waals surface area contributed by atoms with Gasteiger partial charge in [-0.25, -0.2) is 4.31 Å². The van der Waals surface area contributed by atoms with E-state index in [-0.39, 0.29) is 0 Å². The molecular formula is C4H12N4S. The van der Waals surface area contributed by atoms with Crippen LogP contribution in [0.2, 0.25) is 0 Å². The Morgan fingerprint density at radius 1 is 1.67 bits per heavy atom. The average molecular weight is 148 g/mol. The summed E-state index contributed by atoms with van der Waals surface area (Å²) in [5, 5.41) is 4.25. The van der Waals surface area contributed by atoms with Gasteiger partial charge in [0, 0.05) is 7.05 Å². The zero-order chi connectivity index (χ0) is 7.28. The first-order valence-corrected chi connectivity index (χ1v) is 3.29. The van der Waals surface area contributed by atoms with Crippen LogP contribution >= 0.6 is 11.9 Å². The van der Waals surface area contributed by atoms with Crippen molar-refractivity contribution in [1.29, 1.82) is 0 Å². The lowest BCUT2D eigenvalue weighted by molar-refractivity contribution is 0.709. The molecule has 0 aliphatic heterocycles. The molecule has 9 heavy (non-hydrogen) atoms. The van der Waals surface area contributed by atoms with Gasteiger partial charge in [0.25, 0.3) is 0 Å². The van der Waals surface area contributed by atoms with Gasteiger partial charge in [-0.05, 0) is 26.0 Å². The molecule has 0 aliphatic carbocycles. The minimum atomic E-state index is 0.516. The lowest BCUT2D eigenvalue weighted by Gasteiger charge is -2.05. The molecule has 0 amide bonds. The molecule has 0 spiro atoms. The van der Waals surface area contributed by atoms with Crippen LogP contribution < -0.4 is 11.2 Å². The van der Waals surface area contributed by atoms with Gasteiger partial charge in [-0.15, -0.1) is 0 Å². The molecule has 0 saturated carbocycles. The number of amidine groups is 1. The second kappa shape index (κ2) is 4.46. The molecule has 0 aromatic heterocycles. The van der Waals surface area contributed by atoms with E-state index in [1.165, 1.54) is 11.9 Å². The van der Waals surface area contributed by atoms with Crippen molar-refractivity contribution in [3.8, 4) is 0 Å². The first-order valence-electron chi connectivity index (χ1n) is 2.52. The Bertz CT molecular complexity index is 101. The smallest absolute Gasteiger partial charge is 0.193 e. The van der Waals surface area contributed by atoms with Crippen LogP contribution in [0.3, 0.4) is 0 Å². The number of nitrogens with one attached hydrogen (secondary N) is 1. The van der Waals surface area contributed by atoms with Gasteiger partial charge >= 0.3 is 0 Å². The van der Waals surface area contributed by atoms with Gasteiger partial charge in [0.05, 0.1) is 0 Å². The molecule has 3 N–H and O–H groups in total. The predicted octanol–water partition coefficient (Wildman–Crippen LogP) is -0.355. The molecule has 0 aliphatic rings. The lowest BCUT2D eigenvalue weighted by atomic mass is 11.3. The third kappa shape index (κ3) is 5.45. The number of nitrogens with two attached hydrogens (primary N) is 1. The highest BCUT2D eigenvalue weighted by Crippen LogP contribution is 2.00. The molecule has 0 rings (SSSR count). The highest BCUT2D eigenvalue weighted by atomic mass is 32.2. The van der Waals surface area contributed by atoms with Gasteiger partial charge < -0.3 is 11.2 Å². The fraction of sp³-hybridized carbons (Fsp3) is 0.750. The largest absolute Gasteiger partial charge is 0.376 e. The van der Waals surface area contributed by atoms with Gasteiger partial charge in [-0.1, -0.05) is 0 Å². The monoisotopic (exact) mass is 148 g/mol. The molecule has 0 unspecified atom stereocenters. The van der Waals surface area contributed by atoms with Gasteiger partial charge in [-0.3, -0.25) is 0 Å². The fourth-order valence-electron chi connectivity index (χ4n) is 0.318. The van der Waals surface area contributed by atoms with Crippen molar-refractivity contribution in [3.63, 3.8) is 0 Å². The van der Waals surface area contributed by atoms with E-state index < -0.39 is 0 Å². The van der Waals surface area contributed by atoms with E-state index in [4.69, 9.17) is 5.73 Å². The zero-order valence-corrected chi connectivity index (χ0v) is 6.70. The summed E-state index contributed by atoms with van der Waals surface area (Å²) < 4.78 is 1.87. The fourth-order valence-corrected chi connectivity index (χ4v) is 0.824. The number of rotatable bonds is 2. The zero-order valence-electron chi connectivity index (χ0n) is 5.88. The molecule has 5 heteroatoms. The van der Waals surface area contributed by atoms with Crippen molar-refractivity contribution < 1.29 is 0 Å². The lowest BCUT2D eigenvalue weighted by Crippen LogP contribution is -2.16. The molecule has 54 valence electrons. The summed E-state index contributed by atoms with van der Waals surface area (Å²) >= 11 is 1.38. The summed E-state index contributed by atoms with van der Waals surface area (Å²) in [7, 11) is 5.52. The van der Waals surface area contributed by atoms with Crippen LogP contribution in [0.5, 0.6) is 0 Å². The highest BCUT2D eigenvalue weighted by molar-refractivity contribution is 8.11. The maximum atomic E-state index is 5.39. The third-order valence-electron chi connectivity index (χ3n) is 0.498. The van der Waals surface area contributed by atoms with Crippen LogP contribution in [0, 0.1) is 0 Å². The number of hydrogen-bond acceptors (Lipinski definition) is 4. The van der Waals surface area contributed by atoms with Crippen LogP contribution in [0.15, 0.2) is 5.10 Å². The molecule has 0 atom stereocenters. The van der Waals surface area contributed by atoms with Gasteiger partial charge in [0.1, 0.15) is 0 Å². The second-order valence-corrected chi connectivity index (χ2v) is 2.91. The van der Waals surface area contributed by atoms with Crippen LogP contribution in [0.1, 0.15) is 0 Å². The number of nitrogens with zero attached hydrogens (tertiary/aromatic N) is 2. The molecule has 0 fully saturated rings. The summed E-state index contributed by atoms with van der Waals surface area (Å²) in [5.74, 6) is 0. The van der Waals surface area contributed by atoms with E-state index >= 15 is 0 Å². The van der Waals surface area contributed by atoms with Crippen molar-refractivity contribution in [3.05, 3.63) is 0 Å². The Balaban J connectivity index is 3.49. The quantitative estimate of drug-likeness (QED) is 0.243. The van der Waals surface area contributed by atoms with Crippen LogP contribution in [-0.4, -0.2) is 30.6 Å². The predicted molar refractivity (Wildman–Crippen MR) is 42.0 cm³/mol. The van der Waals surface area contributed by atoms with Crippen molar-refractivity contribution in [2.75, 3.05) is 21.1 Å². The summed E-state index contributed by atoms with van der Waals surface area (Å²) in [4.78, 5) is 0. The van der Waals surface area contributed by atoms with Crippen molar-refractivity contribution >= 4 is 17.1 Å². The normalized spacial score (nSPS) is 12.2. The summed E-state index contributed by atoms with van der Waals surface area (Å²) in [5.41, 5.74) is 7.98. The third-order valence-corrected chi connectivity index (χ3v) is 1.14. The molecule has 0 aromatic carbocycles. The number of hydrogen-bond donors (Lipinski definition) is 2. The highest BCUT2D eigenvalue weighted by Gasteiger charge is 1.93. The topological polar surface area (TPSA) is 53.6 Å². The molecule has 0 heterocycles. The van der Waals surface area contributed by atoms with Gasteiger partial charge in [-0.2, -0.15) is 5.10 Å². The first kappa shape index (κ1) is 8.58. The summed E-state index contributed by atoms with van der Waals surface area (Å²) in [6.45, 7) is 0. The van der Waals surface area contributed by atoms with E-state index in [2.05, 4.69) is 10.5 Å². The Morgan fingerprint density at radius 3 is 2.56 bits per heavy atom. The van der Waals surface area contributed by atoms with E-state index in [0.717, 1.165) is 0 Å². The maximum Gasteiger partial charge on any atom is 0.193 e. The molecule has 0 saturated heterocycles. The molecule has 4 nitrogen and oxygen atoms in total. The standard InChI is InChI=1S/C4H12N4S/c1-6-7-4(5)9-8(2)3/h6H,1-3H3,(H2,5,7). The minimum Gasteiger partial charge on any atom is -0.376 e. The van der Waals surface area contributed by atoms with Crippen molar-refractivity contribution in [1.82, 2.24) is 9.73 Å². The van der Waals surface area contributed by atoms with Gasteiger partial charge in [0.2, 0.25) is 0 Å². The summed E-state index contributed by atoms with van der Waals surface area (Å²) in [6, 6.07) is 0. The maximum absolute atomic E-state index is 5.39.